The second kappa shape index (κ2) is 8.70. The summed E-state index contributed by atoms with van der Waals surface area (Å²) in [5, 5.41) is 22.9. The van der Waals surface area contributed by atoms with Crippen molar-refractivity contribution >= 4 is 23.5 Å². The number of hydrogen-bond donors (Lipinski definition) is 2. The molecule has 4 rings (SSSR count). The Bertz CT molecular complexity index is 1030. The summed E-state index contributed by atoms with van der Waals surface area (Å²) in [5.74, 6) is 0.268. The Kier molecular flexibility index (Phi) is 5.84. The Balaban J connectivity index is 1.84. The van der Waals surface area contributed by atoms with E-state index in [1.807, 2.05) is 0 Å². The molecule has 1 aliphatic heterocycles. The van der Waals surface area contributed by atoms with Gasteiger partial charge in [-0.2, -0.15) is 10.5 Å². The molecule has 1 saturated carbocycles. The fourth-order valence-electron chi connectivity index (χ4n) is 3.70. The maximum Gasteiger partial charge on any atom is 0.235 e. The average Bonchev–Trinajstić information content (AvgIpc) is 3.62. The Hall–Kier alpha value is -3.14. The van der Waals surface area contributed by atoms with E-state index in [-0.39, 0.29) is 5.92 Å². The molecule has 1 atom stereocenters. The second-order valence-electron chi connectivity index (χ2n) is 7.32. The summed E-state index contributed by atoms with van der Waals surface area (Å²) in [5.41, 5.74) is 8.04. The molecule has 1 amide bonds. The lowest BCUT2D eigenvalue weighted by atomic mass is 9.99. The van der Waals surface area contributed by atoms with Gasteiger partial charge in [0.25, 0.3) is 0 Å². The van der Waals surface area contributed by atoms with Crippen LogP contribution in [-0.4, -0.2) is 42.1 Å². The van der Waals surface area contributed by atoms with Crippen LogP contribution >= 0.6 is 11.8 Å². The molecule has 152 valence electrons. The van der Waals surface area contributed by atoms with Crippen LogP contribution in [0.2, 0.25) is 0 Å². The zero-order chi connectivity index (χ0) is 21.1. The monoisotopic (exact) mass is 419 g/mol. The largest absolute Gasteiger partial charge is 0.368 e. The highest BCUT2D eigenvalue weighted by molar-refractivity contribution is 8.00. The molecule has 8 nitrogen and oxygen atoms in total. The molecular weight excluding hydrogens is 398 g/mol. The van der Waals surface area contributed by atoms with E-state index in [1.165, 1.54) is 11.8 Å². The molecule has 2 aliphatic rings. The third-order valence-corrected chi connectivity index (χ3v) is 6.56. The molecule has 1 aliphatic carbocycles. The van der Waals surface area contributed by atoms with Crippen molar-refractivity contribution in [3.05, 3.63) is 46.8 Å². The van der Waals surface area contributed by atoms with Crippen molar-refractivity contribution in [2.45, 2.75) is 29.0 Å². The molecule has 2 fully saturated rings. The van der Waals surface area contributed by atoms with E-state index in [0.717, 1.165) is 44.6 Å². The van der Waals surface area contributed by atoms with E-state index >= 15 is 0 Å². The van der Waals surface area contributed by atoms with Gasteiger partial charge in [0.05, 0.1) is 11.1 Å². The van der Waals surface area contributed by atoms with Crippen LogP contribution in [0.5, 0.6) is 0 Å². The normalized spacial score (nSPS) is 17.1. The number of nitrogens with one attached hydrogen (secondary N) is 1. The van der Waals surface area contributed by atoms with Crippen molar-refractivity contribution in [3.63, 3.8) is 0 Å². The molecule has 0 radical (unpaired) electrons. The molecule has 2 aromatic rings. The fraction of sp³-hybridized carbons (Fsp3) is 0.381. The van der Waals surface area contributed by atoms with E-state index in [9.17, 15) is 15.3 Å². The number of nitriles is 2. The SMILES string of the molecule is N#Cc1c(SC(C(N)=O)c2ccncc2)nc(N2CCNCC2)c(C#N)c1C1CC1. The highest BCUT2D eigenvalue weighted by atomic mass is 32.2. The molecule has 2 aromatic heterocycles. The predicted molar refractivity (Wildman–Crippen MR) is 113 cm³/mol. The molecule has 0 aromatic carbocycles. The minimum absolute atomic E-state index is 0.186. The van der Waals surface area contributed by atoms with Gasteiger partial charge in [0.1, 0.15) is 28.2 Å². The van der Waals surface area contributed by atoms with Crippen molar-refractivity contribution in [1.82, 2.24) is 15.3 Å². The topological polar surface area (TPSA) is 132 Å². The van der Waals surface area contributed by atoms with E-state index in [0.29, 0.717) is 27.5 Å². The second-order valence-corrected chi connectivity index (χ2v) is 8.41. The van der Waals surface area contributed by atoms with Crippen molar-refractivity contribution in [3.8, 4) is 12.1 Å². The molecule has 1 saturated heterocycles. The maximum absolute atomic E-state index is 12.2. The van der Waals surface area contributed by atoms with Gasteiger partial charge >= 0.3 is 0 Å². The van der Waals surface area contributed by atoms with Crippen molar-refractivity contribution in [2.24, 2.45) is 5.73 Å². The number of nitrogens with two attached hydrogens (primary N) is 1. The molecule has 0 bridgehead atoms. The number of carbonyl (C=O) groups excluding carboxylic acids is 1. The predicted octanol–water partition coefficient (Wildman–Crippen LogP) is 1.83. The van der Waals surface area contributed by atoms with Gasteiger partial charge < -0.3 is 16.0 Å². The Morgan fingerprint density at radius 2 is 1.87 bits per heavy atom. The number of hydrogen-bond acceptors (Lipinski definition) is 8. The highest BCUT2D eigenvalue weighted by Gasteiger charge is 2.35. The van der Waals surface area contributed by atoms with Crippen LogP contribution < -0.4 is 16.0 Å². The third kappa shape index (κ3) is 3.95. The molecule has 3 heterocycles. The summed E-state index contributed by atoms with van der Waals surface area (Å²) in [7, 11) is 0. The number of nitrogens with zero attached hydrogens (tertiary/aromatic N) is 5. The fourth-order valence-corrected chi connectivity index (χ4v) is 4.74. The number of pyridine rings is 2. The summed E-state index contributed by atoms with van der Waals surface area (Å²) in [4.78, 5) is 23.1. The number of amides is 1. The first-order chi connectivity index (χ1) is 14.6. The summed E-state index contributed by atoms with van der Waals surface area (Å²) >= 11 is 1.17. The van der Waals surface area contributed by atoms with Gasteiger partial charge in [-0.3, -0.25) is 9.78 Å². The van der Waals surface area contributed by atoms with Crippen LogP contribution in [0.15, 0.2) is 29.6 Å². The number of anilines is 1. The van der Waals surface area contributed by atoms with Crippen LogP contribution in [0.1, 0.15) is 46.3 Å². The smallest absolute Gasteiger partial charge is 0.235 e. The molecular formula is C21H21N7OS. The van der Waals surface area contributed by atoms with Crippen LogP contribution in [0.3, 0.4) is 0 Å². The number of carbonyl (C=O) groups is 1. The van der Waals surface area contributed by atoms with Gasteiger partial charge in [-0.15, -0.1) is 0 Å². The minimum atomic E-state index is -0.705. The lowest BCUT2D eigenvalue weighted by Gasteiger charge is -2.30. The number of thioether (sulfide) groups is 1. The number of rotatable bonds is 6. The first kappa shape index (κ1) is 20.1. The summed E-state index contributed by atoms with van der Waals surface area (Å²) in [6.45, 7) is 3.06. The van der Waals surface area contributed by atoms with Gasteiger partial charge in [0.15, 0.2) is 0 Å². The summed E-state index contributed by atoms with van der Waals surface area (Å²) in [6.07, 6.45) is 5.10. The quantitative estimate of drug-likeness (QED) is 0.678. The molecule has 3 N–H and O–H groups in total. The average molecular weight is 420 g/mol. The zero-order valence-corrected chi connectivity index (χ0v) is 17.2. The highest BCUT2D eigenvalue weighted by Crippen LogP contribution is 2.48. The van der Waals surface area contributed by atoms with Gasteiger partial charge in [0.2, 0.25) is 5.91 Å². The van der Waals surface area contributed by atoms with Crippen LogP contribution in [0, 0.1) is 22.7 Å². The van der Waals surface area contributed by atoms with Crippen molar-refractivity contribution in [1.29, 1.82) is 10.5 Å². The standard InChI is InChI=1S/C21H21N7OS/c22-11-15-17(13-1-2-13)16(12-23)21(27-20(15)28-9-7-26-8-10-28)30-18(19(24)29)14-3-5-25-6-4-14/h3-6,13,18,26H,1-2,7-10H2,(H2,24,29). The van der Waals surface area contributed by atoms with Crippen LogP contribution in [0.4, 0.5) is 5.82 Å². The summed E-state index contributed by atoms with van der Waals surface area (Å²) < 4.78 is 0. The van der Waals surface area contributed by atoms with Crippen molar-refractivity contribution < 1.29 is 4.79 Å². The van der Waals surface area contributed by atoms with Gasteiger partial charge in [0, 0.05) is 38.6 Å². The van der Waals surface area contributed by atoms with Crippen molar-refractivity contribution in [2.75, 3.05) is 31.1 Å². The number of aromatic nitrogens is 2. The Morgan fingerprint density at radius 1 is 1.20 bits per heavy atom. The maximum atomic E-state index is 12.2. The Labute approximate surface area is 179 Å². The first-order valence-corrected chi connectivity index (χ1v) is 10.7. The molecule has 1 unspecified atom stereocenters. The van der Waals surface area contributed by atoms with Crippen LogP contribution in [-0.2, 0) is 4.79 Å². The number of piperazine rings is 1. The Morgan fingerprint density at radius 3 is 2.43 bits per heavy atom. The lowest BCUT2D eigenvalue weighted by molar-refractivity contribution is -0.117. The van der Waals surface area contributed by atoms with Gasteiger partial charge in [-0.25, -0.2) is 4.98 Å². The first-order valence-electron chi connectivity index (χ1n) is 9.83. The van der Waals surface area contributed by atoms with Gasteiger partial charge in [-0.05, 0) is 42.0 Å². The van der Waals surface area contributed by atoms with E-state index in [2.05, 4.69) is 27.3 Å². The molecule has 30 heavy (non-hydrogen) atoms. The third-order valence-electron chi connectivity index (χ3n) is 5.31. The lowest BCUT2D eigenvalue weighted by Crippen LogP contribution is -2.44. The van der Waals surface area contributed by atoms with Crippen LogP contribution in [0.25, 0.3) is 0 Å². The molecule has 0 spiro atoms. The van der Waals surface area contributed by atoms with Gasteiger partial charge in [-0.1, -0.05) is 11.8 Å². The van der Waals surface area contributed by atoms with E-state index in [4.69, 9.17) is 10.7 Å². The number of primary amides is 1. The zero-order valence-electron chi connectivity index (χ0n) is 16.3. The molecule has 9 heteroatoms. The minimum Gasteiger partial charge on any atom is -0.368 e. The van der Waals surface area contributed by atoms with E-state index in [1.54, 1.807) is 24.5 Å². The summed E-state index contributed by atoms with van der Waals surface area (Å²) in [6, 6.07) is 8.03. The van der Waals surface area contributed by atoms with E-state index < -0.39 is 11.2 Å².